The van der Waals surface area contributed by atoms with Crippen molar-refractivity contribution >= 4 is 12.1 Å². The number of carboxylic acids is 1. The fourth-order valence-corrected chi connectivity index (χ4v) is 2.58. The van der Waals surface area contributed by atoms with Gasteiger partial charge in [0.25, 0.3) is 0 Å². The zero-order chi connectivity index (χ0) is 18.4. The summed E-state index contributed by atoms with van der Waals surface area (Å²) in [7, 11) is 0. The first-order valence-corrected chi connectivity index (χ1v) is 8.10. The van der Waals surface area contributed by atoms with Gasteiger partial charge in [-0.2, -0.15) is 0 Å². The van der Waals surface area contributed by atoms with E-state index in [4.69, 9.17) is 4.42 Å². The number of nitrogens with zero attached hydrogens (tertiary/aromatic N) is 2. The Labute approximate surface area is 145 Å². The fourth-order valence-electron chi connectivity index (χ4n) is 2.58. The summed E-state index contributed by atoms with van der Waals surface area (Å²) < 4.78 is 5.39. The van der Waals surface area contributed by atoms with Gasteiger partial charge in [-0.15, -0.1) is 0 Å². The van der Waals surface area contributed by atoms with Crippen molar-refractivity contribution in [2.45, 2.75) is 32.7 Å². The van der Waals surface area contributed by atoms with Crippen LogP contribution in [0.2, 0.25) is 0 Å². The van der Waals surface area contributed by atoms with E-state index in [-0.39, 0.29) is 25.3 Å². The second-order valence-corrected chi connectivity index (χ2v) is 6.20. The van der Waals surface area contributed by atoms with Crippen LogP contribution in [-0.2, 0) is 11.2 Å². The fraction of sp³-hybridized carbons (Fsp3) is 0.389. The minimum Gasteiger partial charge on any atom is -0.480 e. The van der Waals surface area contributed by atoms with E-state index in [1.54, 1.807) is 0 Å². The predicted octanol–water partition coefficient (Wildman–Crippen LogP) is 3.36. The molecule has 1 amide bonds. The highest BCUT2D eigenvalue weighted by Crippen LogP contribution is 2.19. The van der Waals surface area contributed by atoms with Crippen LogP contribution in [0.5, 0.6) is 0 Å². The molecule has 1 heterocycles. The van der Waals surface area contributed by atoms with Crippen LogP contribution in [0.4, 0.5) is 4.79 Å². The van der Waals surface area contributed by atoms with Crippen molar-refractivity contribution in [3.05, 3.63) is 42.5 Å². The van der Waals surface area contributed by atoms with Gasteiger partial charge in [0.15, 0.2) is 5.89 Å². The molecular weight excluding hydrogens is 324 g/mol. The van der Waals surface area contributed by atoms with Crippen LogP contribution in [-0.4, -0.2) is 44.7 Å². The Hall–Kier alpha value is -2.83. The molecule has 0 aliphatic rings. The SMILES string of the molecule is CC(C)CC(C(=O)O)N(CCc1nc(-c2ccccc2)co1)C(=O)O. The first-order chi connectivity index (χ1) is 11.9. The molecule has 0 aliphatic heterocycles. The number of oxazole rings is 1. The Balaban J connectivity index is 2.07. The molecule has 7 heteroatoms. The van der Waals surface area contributed by atoms with E-state index in [2.05, 4.69) is 4.98 Å². The van der Waals surface area contributed by atoms with Gasteiger partial charge >= 0.3 is 12.1 Å². The van der Waals surface area contributed by atoms with Crippen LogP contribution in [0.1, 0.15) is 26.2 Å². The number of aliphatic carboxylic acids is 1. The maximum absolute atomic E-state index is 11.5. The van der Waals surface area contributed by atoms with E-state index in [0.717, 1.165) is 10.5 Å². The molecule has 2 N–H and O–H groups in total. The van der Waals surface area contributed by atoms with Crippen molar-refractivity contribution < 1.29 is 24.2 Å². The molecule has 1 aromatic carbocycles. The van der Waals surface area contributed by atoms with Crippen molar-refractivity contribution in [3.63, 3.8) is 0 Å². The molecule has 0 saturated heterocycles. The van der Waals surface area contributed by atoms with Gasteiger partial charge in [0.1, 0.15) is 18.0 Å². The summed E-state index contributed by atoms with van der Waals surface area (Å²) in [5, 5.41) is 18.7. The summed E-state index contributed by atoms with van der Waals surface area (Å²) >= 11 is 0. The third kappa shape index (κ3) is 5.07. The first-order valence-electron chi connectivity index (χ1n) is 8.10. The quantitative estimate of drug-likeness (QED) is 0.759. The number of carbonyl (C=O) groups is 2. The lowest BCUT2D eigenvalue weighted by Crippen LogP contribution is -2.46. The van der Waals surface area contributed by atoms with E-state index in [0.29, 0.717) is 11.6 Å². The lowest BCUT2D eigenvalue weighted by atomic mass is 10.0. The molecule has 0 radical (unpaired) electrons. The molecule has 7 nitrogen and oxygen atoms in total. The van der Waals surface area contributed by atoms with Crippen molar-refractivity contribution in [1.82, 2.24) is 9.88 Å². The number of amides is 1. The predicted molar refractivity (Wildman–Crippen MR) is 91.3 cm³/mol. The van der Waals surface area contributed by atoms with E-state index >= 15 is 0 Å². The van der Waals surface area contributed by atoms with Gasteiger partial charge in [-0.25, -0.2) is 14.6 Å². The number of rotatable bonds is 8. The zero-order valence-corrected chi connectivity index (χ0v) is 14.3. The molecule has 0 bridgehead atoms. The molecule has 0 saturated carbocycles. The summed E-state index contributed by atoms with van der Waals surface area (Å²) in [6.07, 6.45) is 0.713. The number of hydrogen-bond acceptors (Lipinski definition) is 4. The molecule has 1 unspecified atom stereocenters. The van der Waals surface area contributed by atoms with Gasteiger partial charge in [0, 0.05) is 18.5 Å². The number of hydrogen-bond donors (Lipinski definition) is 2. The first kappa shape index (κ1) is 18.5. The van der Waals surface area contributed by atoms with Crippen LogP contribution < -0.4 is 0 Å². The Morgan fingerprint density at radius 2 is 1.88 bits per heavy atom. The van der Waals surface area contributed by atoms with Crippen LogP contribution >= 0.6 is 0 Å². The molecule has 2 rings (SSSR count). The molecule has 2 aromatic rings. The second-order valence-electron chi connectivity index (χ2n) is 6.20. The van der Waals surface area contributed by atoms with Crippen molar-refractivity contribution in [3.8, 4) is 11.3 Å². The topological polar surface area (TPSA) is 104 Å². The Morgan fingerprint density at radius 1 is 1.20 bits per heavy atom. The van der Waals surface area contributed by atoms with Gasteiger partial charge in [0.2, 0.25) is 0 Å². The van der Waals surface area contributed by atoms with Gasteiger partial charge in [-0.05, 0) is 12.3 Å². The second kappa shape index (κ2) is 8.32. The van der Waals surface area contributed by atoms with Crippen LogP contribution in [0.15, 0.2) is 41.0 Å². The van der Waals surface area contributed by atoms with E-state index in [1.807, 2.05) is 44.2 Å². The zero-order valence-electron chi connectivity index (χ0n) is 14.3. The van der Waals surface area contributed by atoms with Gasteiger partial charge < -0.3 is 14.6 Å². The molecule has 25 heavy (non-hydrogen) atoms. The normalized spacial score (nSPS) is 12.1. The maximum Gasteiger partial charge on any atom is 0.408 e. The smallest absolute Gasteiger partial charge is 0.408 e. The summed E-state index contributed by atoms with van der Waals surface area (Å²) in [5.41, 5.74) is 1.56. The molecular formula is C18H22N2O5. The number of aromatic nitrogens is 1. The maximum atomic E-state index is 11.5. The highest BCUT2D eigenvalue weighted by molar-refractivity contribution is 5.79. The van der Waals surface area contributed by atoms with E-state index < -0.39 is 18.1 Å². The van der Waals surface area contributed by atoms with Crippen LogP contribution in [0, 0.1) is 5.92 Å². The molecule has 0 fully saturated rings. The van der Waals surface area contributed by atoms with Crippen molar-refractivity contribution in [2.24, 2.45) is 5.92 Å². The minimum atomic E-state index is -1.26. The van der Waals surface area contributed by atoms with Gasteiger partial charge in [-0.3, -0.25) is 4.90 Å². The molecule has 0 spiro atoms. The van der Waals surface area contributed by atoms with Crippen molar-refractivity contribution in [1.29, 1.82) is 0 Å². The Kier molecular flexibility index (Phi) is 6.16. The van der Waals surface area contributed by atoms with Gasteiger partial charge in [-0.1, -0.05) is 44.2 Å². The summed E-state index contributed by atoms with van der Waals surface area (Å²) in [4.78, 5) is 28.2. The average molecular weight is 346 g/mol. The molecule has 0 aliphatic carbocycles. The Morgan fingerprint density at radius 3 is 2.44 bits per heavy atom. The van der Waals surface area contributed by atoms with Crippen LogP contribution in [0.25, 0.3) is 11.3 Å². The molecule has 1 atom stereocenters. The lowest BCUT2D eigenvalue weighted by molar-refractivity contribution is -0.143. The van der Waals surface area contributed by atoms with Gasteiger partial charge in [0.05, 0.1) is 0 Å². The standard InChI is InChI=1S/C18H22N2O5/c1-12(2)10-15(17(21)22)20(18(23)24)9-8-16-19-14(11-25-16)13-6-4-3-5-7-13/h3-7,11-12,15H,8-10H2,1-2H3,(H,21,22)(H,23,24). The van der Waals surface area contributed by atoms with Crippen LogP contribution in [0.3, 0.4) is 0 Å². The number of benzene rings is 1. The Bertz CT molecular complexity index is 711. The average Bonchev–Trinajstić information content (AvgIpc) is 3.03. The molecule has 1 aromatic heterocycles. The molecule has 134 valence electrons. The highest BCUT2D eigenvalue weighted by Gasteiger charge is 2.30. The third-order valence-electron chi connectivity index (χ3n) is 3.79. The summed E-state index contributed by atoms with van der Waals surface area (Å²) in [6.45, 7) is 3.72. The minimum absolute atomic E-state index is 0.00770. The lowest BCUT2D eigenvalue weighted by Gasteiger charge is -2.27. The third-order valence-corrected chi connectivity index (χ3v) is 3.79. The number of carboxylic acid groups (broad SMARTS) is 2. The highest BCUT2D eigenvalue weighted by atomic mass is 16.4. The summed E-state index contributed by atoms with van der Waals surface area (Å²) in [6, 6.07) is 8.39. The van der Waals surface area contributed by atoms with Crippen molar-refractivity contribution in [2.75, 3.05) is 6.54 Å². The monoisotopic (exact) mass is 346 g/mol. The summed E-state index contributed by atoms with van der Waals surface area (Å²) in [5.74, 6) is -0.707. The largest absolute Gasteiger partial charge is 0.480 e. The van der Waals surface area contributed by atoms with E-state index in [9.17, 15) is 19.8 Å². The van der Waals surface area contributed by atoms with E-state index in [1.165, 1.54) is 6.26 Å².